The van der Waals surface area contributed by atoms with Crippen molar-refractivity contribution >= 4 is 0 Å². The van der Waals surface area contributed by atoms with Crippen molar-refractivity contribution in [3.8, 4) is 11.6 Å². The van der Waals surface area contributed by atoms with E-state index >= 15 is 0 Å². The van der Waals surface area contributed by atoms with Crippen molar-refractivity contribution in [1.82, 2.24) is 23.9 Å². The molecule has 0 N–H and O–H groups in total. The van der Waals surface area contributed by atoms with Gasteiger partial charge in [0, 0.05) is 56.7 Å². The van der Waals surface area contributed by atoms with Crippen LogP contribution in [0, 0.1) is 0 Å². The zero-order valence-corrected chi connectivity index (χ0v) is 19.4. The third-order valence-electron chi connectivity index (χ3n) is 7.82. The average molecular weight is 440 g/mol. The van der Waals surface area contributed by atoms with Crippen LogP contribution in [0.4, 0.5) is 0 Å². The Balaban J connectivity index is 1.19. The minimum absolute atomic E-state index is 0.0382. The highest BCUT2D eigenvalue weighted by molar-refractivity contribution is 5.31. The maximum atomic E-state index is 13.1. The first kappa shape index (κ1) is 21.7. The van der Waals surface area contributed by atoms with Crippen molar-refractivity contribution in [2.75, 3.05) is 32.7 Å². The highest BCUT2D eigenvalue weighted by Crippen LogP contribution is 2.31. The van der Waals surface area contributed by atoms with Gasteiger partial charge < -0.3 is 9.64 Å². The number of hydrogen-bond acceptors (Lipinski definition) is 5. The van der Waals surface area contributed by atoms with E-state index in [1.165, 1.54) is 51.9 Å². The molecule has 3 fully saturated rings. The van der Waals surface area contributed by atoms with E-state index in [0.29, 0.717) is 24.1 Å². The molecule has 174 valence electrons. The first-order valence-corrected chi connectivity index (χ1v) is 12.6. The molecule has 0 spiro atoms. The Morgan fingerprint density at radius 3 is 2.31 bits per heavy atom. The molecule has 2 aromatic heterocycles. The largest absolute Gasteiger partial charge is 0.474 e. The van der Waals surface area contributed by atoms with Gasteiger partial charge in [-0.2, -0.15) is 0 Å². The number of imidazole rings is 1. The number of ether oxygens (including phenoxy) is 1. The highest BCUT2D eigenvalue weighted by Gasteiger charge is 2.29. The summed E-state index contributed by atoms with van der Waals surface area (Å²) in [6.45, 7) is 8.17. The number of hydrogen-bond donors (Lipinski definition) is 0. The van der Waals surface area contributed by atoms with Crippen LogP contribution in [0.1, 0.15) is 64.3 Å². The van der Waals surface area contributed by atoms with Gasteiger partial charge in [-0.1, -0.05) is 6.92 Å². The molecule has 32 heavy (non-hydrogen) atoms. The van der Waals surface area contributed by atoms with Crippen molar-refractivity contribution in [3.63, 3.8) is 0 Å². The van der Waals surface area contributed by atoms with Crippen LogP contribution in [0.5, 0.6) is 5.88 Å². The van der Waals surface area contributed by atoms with Gasteiger partial charge in [-0.3, -0.25) is 14.0 Å². The summed E-state index contributed by atoms with van der Waals surface area (Å²) in [6.07, 6.45) is 15.1. The third kappa shape index (κ3) is 4.64. The molecular weight excluding hydrogens is 402 g/mol. The predicted molar refractivity (Wildman–Crippen MR) is 126 cm³/mol. The zero-order valence-electron chi connectivity index (χ0n) is 19.4. The van der Waals surface area contributed by atoms with E-state index in [1.54, 1.807) is 10.8 Å². The summed E-state index contributed by atoms with van der Waals surface area (Å²) in [5.74, 6) is 0.659. The Labute approximate surface area is 191 Å². The summed E-state index contributed by atoms with van der Waals surface area (Å²) in [5.41, 5.74) is 0.839. The number of piperazine rings is 1. The summed E-state index contributed by atoms with van der Waals surface area (Å²) in [4.78, 5) is 22.8. The number of likely N-dealkylation sites (N-methyl/N-ethyl adjacent to an activating group) is 1. The van der Waals surface area contributed by atoms with Crippen LogP contribution in [-0.4, -0.2) is 68.8 Å². The molecule has 2 saturated carbocycles. The molecule has 3 aliphatic rings. The fraction of sp³-hybridized carbons (Fsp3) is 0.680. The van der Waals surface area contributed by atoms with Crippen LogP contribution < -0.4 is 10.4 Å². The molecule has 0 atom stereocenters. The quantitative estimate of drug-likeness (QED) is 0.690. The molecule has 5 rings (SSSR count). The van der Waals surface area contributed by atoms with Gasteiger partial charge in [-0.15, -0.1) is 0 Å². The normalized spacial score (nSPS) is 25.9. The molecule has 0 unspecified atom stereocenters. The molecule has 0 bridgehead atoms. The van der Waals surface area contributed by atoms with Crippen molar-refractivity contribution in [2.24, 2.45) is 0 Å². The van der Waals surface area contributed by atoms with Gasteiger partial charge in [-0.05, 0) is 64.0 Å². The molecule has 3 heterocycles. The van der Waals surface area contributed by atoms with Gasteiger partial charge in [0.15, 0.2) is 0 Å². The van der Waals surface area contributed by atoms with Crippen LogP contribution in [0.15, 0.2) is 35.5 Å². The monoisotopic (exact) mass is 439 g/mol. The molecule has 0 amide bonds. The Kier molecular flexibility index (Phi) is 6.64. The van der Waals surface area contributed by atoms with Crippen LogP contribution in [0.3, 0.4) is 0 Å². The fourth-order valence-corrected chi connectivity index (χ4v) is 5.77. The van der Waals surface area contributed by atoms with E-state index in [4.69, 9.17) is 4.74 Å². The first-order valence-electron chi connectivity index (χ1n) is 12.6. The van der Waals surface area contributed by atoms with E-state index in [-0.39, 0.29) is 5.69 Å². The lowest BCUT2D eigenvalue weighted by Gasteiger charge is -2.41. The van der Waals surface area contributed by atoms with E-state index in [2.05, 4.69) is 21.7 Å². The smallest absolute Gasteiger partial charge is 0.333 e. The Morgan fingerprint density at radius 2 is 1.66 bits per heavy atom. The summed E-state index contributed by atoms with van der Waals surface area (Å²) < 4.78 is 9.61. The molecule has 7 heteroatoms. The van der Waals surface area contributed by atoms with E-state index < -0.39 is 0 Å². The number of nitrogens with zero attached hydrogens (tertiary/aromatic N) is 5. The topological polar surface area (TPSA) is 55.5 Å². The van der Waals surface area contributed by atoms with Crippen molar-refractivity contribution in [1.29, 1.82) is 0 Å². The Hall–Kier alpha value is -2.12. The molecule has 1 saturated heterocycles. The van der Waals surface area contributed by atoms with Crippen LogP contribution in [0.25, 0.3) is 5.69 Å². The van der Waals surface area contributed by atoms with Crippen LogP contribution in [0.2, 0.25) is 0 Å². The lowest BCUT2D eigenvalue weighted by Crippen LogP contribution is -2.51. The lowest BCUT2D eigenvalue weighted by atomic mass is 9.89. The van der Waals surface area contributed by atoms with Crippen LogP contribution in [-0.2, 0) is 0 Å². The number of pyridine rings is 1. The molecule has 2 aliphatic carbocycles. The maximum Gasteiger partial charge on any atom is 0.333 e. The van der Waals surface area contributed by atoms with Gasteiger partial charge in [0.1, 0.15) is 6.10 Å². The molecule has 0 aromatic carbocycles. The van der Waals surface area contributed by atoms with Crippen molar-refractivity contribution in [3.05, 3.63) is 41.2 Å². The number of rotatable bonds is 6. The van der Waals surface area contributed by atoms with Crippen LogP contribution >= 0.6 is 0 Å². The second kappa shape index (κ2) is 9.79. The summed E-state index contributed by atoms with van der Waals surface area (Å²) in [7, 11) is 0. The molecule has 1 aliphatic heterocycles. The van der Waals surface area contributed by atoms with Crippen molar-refractivity contribution < 1.29 is 4.74 Å². The van der Waals surface area contributed by atoms with Gasteiger partial charge >= 0.3 is 5.69 Å². The molecule has 2 aromatic rings. The van der Waals surface area contributed by atoms with Gasteiger partial charge in [0.05, 0.1) is 11.9 Å². The van der Waals surface area contributed by atoms with Gasteiger partial charge in [-0.25, -0.2) is 9.78 Å². The average Bonchev–Trinajstić information content (AvgIpc) is 3.49. The van der Waals surface area contributed by atoms with Gasteiger partial charge in [0.25, 0.3) is 0 Å². The van der Waals surface area contributed by atoms with Crippen molar-refractivity contribution in [2.45, 2.75) is 76.5 Å². The van der Waals surface area contributed by atoms with E-state index in [9.17, 15) is 4.79 Å². The third-order valence-corrected chi connectivity index (χ3v) is 7.82. The molecule has 0 radical (unpaired) electrons. The molecule has 7 nitrogen and oxygen atoms in total. The standard InChI is InChI=1S/C25H37N5O2/c1-2-27-13-15-28(16-14-27)20-7-9-21(10-8-20)29-17-18-30(25(29)31)22-11-12-24(26-19-22)32-23-5-3-4-6-23/h11-12,17-21,23H,2-10,13-16H2,1H3. The van der Waals surface area contributed by atoms with E-state index in [0.717, 1.165) is 37.9 Å². The minimum atomic E-state index is 0.0382. The second-order valence-electron chi connectivity index (χ2n) is 9.67. The van der Waals surface area contributed by atoms with E-state index in [1.807, 2.05) is 29.1 Å². The summed E-state index contributed by atoms with van der Waals surface area (Å²) >= 11 is 0. The Morgan fingerprint density at radius 1 is 0.938 bits per heavy atom. The van der Waals surface area contributed by atoms with Gasteiger partial charge in [0.2, 0.25) is 5.88 Å². The zero-order chi connectivity index (χ0) is 21.9. The minimum Gasteiger partial charge on any atom is -0.474 e. The lowest BCUT2D eigenvalue weighted by molar-refractivity contribution is 0.0736. The summed E-state index contributed by atoms with van der Waals surface area (Å²) in [5, 5.41) is 0. The maximum absolute atomic E-state index is 13.1. The second-order valence-corrected chi connectivity index (χ2v) is 9.67. The molecular formula is C25H37N5O2. The highest BCUT2D eigenvalue weighted by atomic mass is 16.5. The first-order chi connectivity index (χ1) is 15.7. The summed E-state index contributed by atoms with van der Waals surface area (Å²) in [6, 6.07) is 4.81. The predicted octanol–water partition coefficient (Wildman–Crippen LogP) is 3.48. The Bertz CT molecular complexity index is 915. The number of aromatic nitrogens is 3. The fourth-order valence-electron chi connectivity index (χ4n) is 5.77. The SMILES string of the molecule is CCN1CCN(C2CCC(n3ccn(-c4ccc(OC5CCCC5)nc4)c3=O)CC2)CC1.